The highest BCUT2D eigenvalue weighted by molar-refractivity contribution is 5.43. The van der Waals surface area contributed by atoms with E-state index in [9.17, 15) is 0 Å². The summed E-state index contributed by atoms with van der Waals surface area (Å²) in [6.45, 7) is 2.99. The predicted molar refractivity (Wildman–Crippen MR) is 109 cm³/mol. The summed E-state index contributed by atoms with van der Waals surface area (Å²) in [5.74, 6) is 2.46. The van der Waals surface area contributed by atoms with Crippen molar-refractivity contribution in [2.75, 3.05) is 63.0 Å². The van der Waals surface area contributed by atoms with Crippen LogP contribution in [0.5, 0.6) is 0 Å². The first kappa shape index (κ1) is 19.3. The minimum Gasteiger partial charge on any atom is -0.355 e. The fourth-order valence-corrected chi connectivity index (χ4v) is 3.35. The Balaban J connectivity index is 1.64. The van der Waals surface area contributed by atoms with E-state index >= 15 is 0 Å². The molecule has 1 unspecified atom stereocenters. The predicted octanol–water partition coefficient (Wildman–Crippen LogP) is 1.50. The lowest BCUT2D eigenvalue weighted by molar-refractivity contribution is 0.198. The Morgan fingerprint density at radius 2 is 1.70 bits per heavy atom. The first-order valence-corrected chi connectivity index (χ1v) is 9.38. The van der Waals surface area contributed by atoms with Gasteiger partial charge < -0.3 is 14.7 Å². The Bertz CT molecular complexity index is 731. The van der Waals surface area contributed by atoms with Gasteiger partial charge in [0.2, 0.25) is 11.9 Å². The number of rotatable bonds is 6. The van der Waals surface area contributed by atoms with Gasteiger partial charge in [0.05, 0.1) is 0 Å². The Morgan fingerprint density at radius 1 is 1.00 bits per heavy atom. The van der Waals surface area contributed by atoms with Crippen molar-refractivity contribution in [3.8, 4) is 0 Å². The zero-order valence-corrected chi connectivity index (χ0v) is 17.0. The standard InChI is InChI=1S/C19H30N8/c1-24(2)18-21-11-15(12-22-18)13-27-10-6-7-16(14-27)26(5)17-8-9-20-19(23-17)25(3)4/h8-9,11-12,16H,6-7,10,13-14H2,1-5H3. The number of hydrogen-bond acceptors (Lipinski definition) is 8. The monoisotopic (exact) mass is 370 g/mol. The zero-order valence-electron chi connectivity index (χ0n) is 17.0. The fraction of sp³-hybridized carbons (Fsp3) is 0.579. The van der Waals surface area contributed by atoms with E-state index in [1.54, 1.807) is 0 Å². The summed E-state index contributed by atoms with van der Waals surface area (Å²) in [5, 5.41) is 0. The SMILES string of the molecule is CN(C)c1ncc(CN2CCCC(N(C)c3ccnc(N(C)C)n3)C2)cn1. The van der Waals surface area contributed by atoms with E-state index in [2.05, 4.69) is 36.8 Å². The fourth-order valence-electron chi connectivity index (χ4n) is 3.35. The van der Waals surface area contributed by atoms with E-state index < -0.39 is 0 Å². The maximum absolute atomic E-state index is 4.68. The Labute approximate surface area is 161 Å². The van der Waals surface area contributed by atoms with Crippen LogP contribution in [0, 0.1) is 0 Å². The van der Waals surface area contributed by atoms with Gasteiger partial charge in [0.25, 0.3) is 0 Å². The average molecular weight is 371 g/mol. The first-order chi connectivity index (χ1) is 12.9. The van der Waals surface area contributed by atoms with Crippen LogP contribution in [0.15, 0.2) is 24.7 Å². The molecular formula is C19H30N8. The summed E-state index contributed by atoms with van der Waals surface area (Å²) in [4.78, 5) is 26.5. The molecular weight excluding hydrogens is 340 g/mol. The average Bonchev–Trinajstić information content (AvgIpc) is 2.68. The molecule has 0 aromatic carbocycles. The number of likely N-dealkylation sites (tertiary alicyclic amines) is 1. The molecule has 3 rings (SSSR count). The van der Waals surface area contributed by atoms with E-state index in [1.165, 1.54) is 12.8 Å². The number of piperidine rings is 1. The third-order valence-corrected chi connectivity index (χ3v) is 4.92. The number of likely N-dealkylation sites (N-methyl/N-ethyl adjacent to an activating group) is 1. The zero-order chi connectivity index (χ0) is 19.4. The lowest BCUT2D eigenvalue weighted by atomic mass is 10.0. The summed E-state index contributed by atoms with van der Waals surface area (Å²) >= 11 is 0. The van der Waals surface area contributed by atoms with Crippen LogP contribution in [0.25, 0.3) is 0 Å². The third kappa shape index (κ3) is 4.82. The summed E-state index contributed by atoms with van der Waals surface area (Å²) in [6.07, 6.45) is 8.05. The molecule has 3 heterocycles. The molecule has 0 aliphatic carbocycles. The smallest absolute Gasteiger partial charge is 0.226 e. The van der Waals surface area contributed by atoms with Crippen LogP contribution in [0.4, 0.5) is 17.7 Å². The molecule has 2 aromatic rings. The van der Waals surface area contributed by atoms with Crippen LogP contribution in [0.1, 0.15) is 18.4 Å². The lowest BCUT2D eigenvalue weighted by Gasteiger charge is -2.38. The van der Waals surface area contributed by atoms with Gasteiger partial charge in [0.1, 0.15) is 5.82 Å². The lowest BCUT2D eigenvalue weighted by Crippen LogP contribution is -2.46. The Morgan fingerprint density at radius 3 is 2.37 bits per heavy atom. The molecule has 0 spiro atoms. The molecule has 1 aliphatic rings. The van der Waals surface area contributed by atoms with Gasteiger partial charge in [0.15, 0.2) is 0 Å². The molecule has 146 valence electrons. The molecule has 1 atom stereocenters. The highest BCUT2D eigenvalue weighted by Gasteiger charge is 2.24. The van der Waals surface area contributed by atoms with Crippen molar-refractivity contribution in [3.05, 3.63) is 30.2 Å². The second-order valence-corrected chi connectivity index (χ2v) is 7.54. The van der Waals surface area contributed by atoms with Gasteiger partial charge in [0, 0.05) is 78.5 Å². The molecule has 1 aliphatic heterocycles. The van der Waals surface area contributed by atoms with Crippen LogP contribution in [0.3, 0.4) is 0 Å². The molecule has 0 bridgehead atoms. The molecule has 8 nitrogen and oxygen atoms in total. The highest BCUT2D eigenvalue weighted by Crippen LogP contribution is 2.22. The van der Waals surface area contributed by atoms with Crippen molar-refractivity contribution >= 4 is 17.7 Å². The van der Waals surface area contributed by atoms with Crippen molar-refractivity contribution in [3.63, 3.8) is 0 Å². The molecule has 0 amide bonds. The number of nitrogens with zero attached hydrogens (tertiary/aromatic N) is 8. The maximum Gasteiger partial charge on any atom is 0.226 e. The van der Waals surface area contributed by atoms with Crippen LogP contribution in [0.2, 0.25) is 0 Å². The van der Waals surface area contributed by atoms with Crippen LogP contribution in [-0.2, 0) is 6.54 Å². The highest BCUT2D eigenvalue weighted by atomic mass is 15.3. The van der Waals surface area contributed by atoms with Crippen LogP contribution < -0.4 is 14.7 Å². The summed E-state index contributed by atoms with van der Waals surface area (Å²) in [7, 11) is 9.96. The van der Waals surface area contributed by atoms with Crippen LogP contribution >= 0.6 is 0 Å². The van der Waals surface area contributed by atoms with E-state index in [0.29, 0.717) is 6.04 Å². The maximum atomic E-state index is 4.68. The third-order valence-electron chi connectivity index (χ3n) is 4.92. The Kier molecular flexibility index (Phi) is 6.05. The van der Waals surface area contributed by atoms with Gasteiger partial charge >= 0.3 is 0 Å². The second-order valence-electron chi connectivity index (χ2n) is 7.54. The largest absolute Gasteiger partial charge is 0.355 e. The molecule has 1 fully saturated rings. The van der Waals surface area contributed by atoms with Gasteiger partial charge in [-0.3, -0.25) is 4.90 Å². The van der Waals surface area contributed by atoms with E-state index in [1.807, 2.05) is 62.6 Å². The number of hydrogen-bond donors (Lipinski definition) is 0. The summed E-state index contributed by atoms with van der Waals surface area (Å²) < 4.78 is 0. The van der Waals surface area contributed by atoms with Gasteiger partial charge in [-0.2, -0.15) is 4.98 Å². The number of aromatic nitrogens is 4. The molecule has 1 saturated heterocycles. The van der Waals surface area contributed by atoms with Gasteiger partial charge in [-0.05, 0) is 25.5 Å². The van der Waals surface area contributed by atoms with E-state index in [0.717, 1.165) is 42.9 Å². The normalized spacial score (nSPS) is 17.6. The van der Waals surface area contributed by atoms with Gasteiger partial charge in [-0.25, -0.2) is 15.0 Å². The van der Waals surface area contributed by atoms with Crippen molar-refractivity contribution < 1.29 is 0 Å². The van der Waals surface area contributed by atoms with E-state index in [-0.39, 0.29) is 0 Å². The molecule has 27 heavy (non-hydrogen) atoms. The first-order valence-electron chi connectivity index (χ1n) is 9.38. The quantitative estimate of drug-likeness (QED) is 0.758. The van der Waals surface area contributed by atoms with Crippen molar-refractivity contribution in [2.45, 2.75) is 25.4 Å². The van der Waals surface area contributed by atoms with Crippen molar-refractivity contribution in [1.29, 1.82) is 0 Å². The Hall–Kier alpha value is -2.48. The molecule has 0 saturated carbocycles. The molecule has 8 heteroatoms. The summed E-state index contributed by atoms with van der Waals surface area (Å²) in [5.41, 5.74) is 1.15. The second kappa shape index (κ2) is 8.47. The minimum atomic E-state index is 0.436. The van der Waals surface area contributed by atoms with Gasteiger partial charge in [-0.1, -0.05) is 0 Å². The molecule has 2 aromatic heterocycles. The van der Waals surface area contributed by atoms with Crippen molar-refractivity contribution in [1.82, 2.24) is 24.8 Å². The van der Waals surface area contributed by atoms with Crippen molar-refractivity contribution in [2.24, 2.45) is 0 Å². The number of anilines is 3. The minimum absolute atomic E-state index is 0.436. The van der Waals surface area contributed by atoms with Crippen LogP contribution in [-0.4, -0.2) is 79.2 Å². The van der Waals surface area contributed by atoms with Gasteiger partial charge in [-0.15, -0.1) is 0 Å². The molecule has 0 N–H and O–H groups in total. The van der Waals surface area contributed by atoms with E-state index in [4.69, 9.17) is 0 Å². The summed E-state index contributed by atoms with van der Waals surface area (Å²) in [6, 6.07) is 2.42. The molecule has 0 radical (unpaired) electrons. The topological polar surface area (TPSA) is 64.5 Å².